The molecule has 0 saturated carbocycles. The maximum atomic E-state index is 12.0. The Kier molecular flexibility index (Phi) is 5.16. The molecule has 0 saturated heterocycles. The van der Waals surface area contributed by atoms with Gasteiger partial charge in [0.1, 0.15) is 6.04 Å². The van der Waals surface area contributed by atoms with Crippen LogP contribution in [0.4, 0.5) is 5.69 Å². The van der Waals surface area contributed by atoms with Crippen molar-refractivity contribution in [1.29, 1.82) is 0 Å². The van der Waals surface area contributed by atoms with Crippen molar-refractivity contribution in [1.82, 2.24) is 15.2 Å². The van der Waals surface area contributed by atoms with Crippen molar-refractivity contribution in [3.8, 4) is 0 Å². The molecule has 0 spiro atoms. The fourth-order valence-corrected chi connectivity index (χ4v) is 2.09. The van der Waals surface area contributed by atoms with Crippen LogP contribution < -0.4 is 10.7 Å². The van der Waals surface area contributed by atoms with Crippen LogP contribution in [0.3, 0.4) is 0 Å². The molecule has 1 aromatic heterocycles. The summed E-state index contributed by atoms with van der Waals surface area (Å²) in [6.45, 7) is 3.63. The molecule has 22 heavy (non-hydrogen) atoms. The maximum Gasteiger partial charge on any atom is 0.262 e. The van der Waals surface area contributed by atoms with Crippen LogP contribution in [0.1, 0.15) is 18.2 Å². The highest BCUT2D eigenvalue weighted by Gasteiger charge is 2.11. The highest BCUT2D eigenvalue weighted by Crippen LogP contribution is 2.15. The molecule has 7 heteroatoms. The summed E-state index contributed by atoms with van der Waals surface area (Å²) in [5, 5.41) is 11.8. The first kappa shape index (κ1) is 16.0. The normalized spacial score (nSPS) is 12.4. The van der Waals surface area contributed by atoms with Gasteiger partial charge in [0, 0.05) is 29.5 Å². The van der Waals surface area contributed by atoms with Gasteiger partial charge in [0.15, 0.2) is 0 Å². The number of hydrogen-bond acceptors (Lipinski definition) is 4. The molecule has 116 valence electrons. The van der Waals surface area contributed by atoms with E-state index in [1.54, 1.807) is 30.0 Å². The molecule has 6 nitrogen and oxygen atoms in total. The Balaban J connectivity index is 1.90. The number of anilines is 1. The van der Waals surface area contributed by atoms with Crippen molar-refractivity contribution in [2.45, 2.75) is 19.9 Å². The second-order valence-corrected chi connectivity index (χ2v) is 5.39. The van der Waals surface area contributed by atoms with Crippen LogP contribution >= 0.6 is 11.6 Å². The lowest BCUT2D eigenvalue weighted by atomic mass is 10.2. The number of hydrogen-bond donors (Lipinski definition) is 2. The van der Waals surface area contributed by atoms with E-state index < -0.39 is 6.04 Å². The number of rotatable bonds is 5. The predicted molar refractivity (Wildman–Crippen MR) is 88.2 cm³/mol. The van der Waals surface area contributed by atoms with Crippen molar-refractivity contribution >= 4 is 29.4 Å². The lowest BCUT2D eigenvalue weighted by Gasteiger charge is -2.13. The number of aromatic nitrogens is 2. The molecule has 0 aliphatic rings. The van der Waals surface area contributed by atoms with Gasteiger partial charge in [-0.3, -0.25) is 9.48 Å². The number of hydrazone groups is 1. The van der Waals surface area contributed by atoms with E-state index in [0.717, 1.165) is 16.9 Å². The van der Waals surface area contributed by atoms with E-state index in [4.69, 9.17) is 11.6 Å². The summed E-state index contributed by atoms with van der Waals surface area (Å²) < 4.78 is 1.70. The summed E-state index contributed by atoms with van der Waals surface area (Å²) in [5.41, 5.74) is 4.99. The zero-order chi connectivity index (χ0) is 16.1. The second kappa shape index (κ2) is 7.09. The fourth-order valence-electron chi connectivity index (χ4n) is 1.90. The van der Waals surface area contributed by atoms with Crippen molar-refractivity contribution in [3.05, 3.63) is 46.7 Å². The highest BCUT2D eigenvalue weighted by atomic mass is 35.5. The molecule has 0 aliphatic heterocycles. The Bertz CT molecular complexity index is 695. The number of amides is 1. The van der Waals surface area contributed by atoms with Gasteiger partial charge in [-0.15, -0.1) is 0 Å². The maximum absolute atomic E-state index is 12.0. The number of carbonyl (C=O) groups is 1. The van der Waals surface area contributed by atoms with Gasteiger partial charge in [-0.1, -0.05) is 17.7 Å². The van der Waals surface area contributed by atoms with Crippen LogP contribution in [-0.4, -0.2) is 27.9 Å². The van der Waals surface area contributed by atoms with Crippen LogP contribution in [0, 0.1) is 6.92 Å². The third-order valence-electron chi connectivity index (χ3n) is 3.03. The molecule has 0 fully saturated rings. The van der Waals surface area contributed by atoms with Crippen LogP contribution in [0.25, 0.3) is 0 Å². The first-order valence-electron chi connectivity index (χ1n) is 6.81. The summed E-state index contributed by atoms with van der Waals surface area (Å²) in [6.07, 6.45) is 3.41. The largest absolute Gasteiger partial charge is 0.374 e. The standard InChI is InChI=1S/C15H18ClN5O/c1-10-12(9-21(3)20-10)8-17-19-15(22)11(2)18-14-6-4-5-13(16)7-14/h4-9,11,18H,1-3H3,(H,19,22). The first-order valence-corrected chi connectivity index (χ1v) is 7.19. The lowest BCUT2D eigenvalue weighted by molar-refractivity contribution is -0.121. The Morgan fingerprint density at radius 1 is 1.50 bits per heavy atom. The molecular formula is C15H18ClN5O. The Morgan fingerprint density at radius 3 is 2.91 bits per heavy atom. The third kappa shape index (κ3) is 4.33. The average molecular weight is 320 g/mol. The number of aryl methyl sites for hydroxylation is 2. The Hall–Kier alpha value is -2.34. The summed E-state index contributed by atoms with van der Waals surface area (Å²) in [7, 11) is 1.83. The molecule has 1 heterocycles. The molecule has 2 aromatic rings. The van der Waals surface area contributed by atoms with Crippen molar-refractivity contribution in [2.75, 3.05) is 5.32 Å². The van der Waals surface area contributed by atoms with Crippen LogP contribution in [-0.2, 0) is 11.8 Å². The van der Waals surface area contributed by atoms with E-state index in [1.807, 2.05) is 32.3 Å². The summed E-state index contributed by atoms with van der Waals surface area (Å²) in [5.74, 6) is -0.238. The number of benzene rings is 1. The van der Waals surface area contributed by atoms with Gasteiger partial charge in [0.2, 0.25) is 0 Å². The number of carbonyl (C=O) groups excluding carboxylic acids is 1. The lowest BCUT2D eigenvalue weighted by Crippen LogP contribution is -2.34. The van der Waals surface area contributed by atoms with E-state index in [0.29, 0.717) is 5.02 Å². The van der Waals surface area contributed by atoms with Gasteiger partial charge in [0.25, 0.3) is 5.91 Å². The third-order valence-corrected chi connectivity index (χ3v) is 3.27. The van der Waals surface area contributed by atoms with Gasteiger partial charge in [-0.05, 0) is 32.0 Å². The van der Waals surface area contributed by atoms with E-state index in [1.165, 1.54) is 0 Å². The molecule has 2 N–H and O–H groups in total. The van der Waals surface area contributed by atoms with Crippen LogP contribution in [0.5, 0.6) is 0 Å². The SMILES string of the molecule is Cc1nn(C)cc1C=NNC(=O)C(C)Nc1cccc(Cl)c1. The smallest absolute Gasteiger partial charge is 0.262 e. The zero-order valence-corrected chi connectivity index (χ0v) is 13.4. The Morgan fingerprint density at radius 2 is 2.27 bits per heavy atom. The first-order chi connectivity index (χ1) is 10.5. The monoisotopic (exact) mass is 319 g/mol. The molecule has 1 atom stereocenters. The van der Waals surface area contributed by atoms with E-state index in [2.05, 4.69) is 20.9 Å². The van der Waals surface area contributed by atoms with E-state index in [9.17, 15) is 4.79 Å². The van der Waals surface area contributed by atoms with Crippen LogP contribution in [0.15, 0.2) is 35.6 Å². The molecule has 0 bridgehead atoms. The molecule has 0 aliphatic carbocycles. The molecule has 1 amide bonds. The summed E-state index contributed by atoms with van der Waals surface area (Å²) in [4.78, 5) is 12.0. The Labute approximate surface area is 134 Å². The van der Waals surface area contributed by atoms with Crippen LogP contribution in [0.2, 0.25) is 5.02 Å². The summed E-state index contributed by atoms with van der Waals surface area (Å²) in [6, 6.07) is 6.76. The van der Waals surface area contributed by atoms with Gasteiger partial charge in [-0.25, -0.2) is 5.43 Å². The topological polar surface area (TPSA) is 71.3 Å². The average Bonchev–Trinajstić information content (AvgIpc) is 2.77. The van der Waals surface area contributed by atoms with Gasteiger partial charge in [0.05, 0.1) is 11.9 Å². The minimum Gasteiger partial charge on any atom is -0.374 e. The minimum absolute atomic E-state index is 0.238. The van der Waals surface area contributed by atoms with E-state index >= 15 is 0 Å². The highest BCUT2D eigenvalue weighted by molar-refractivity contribution is 6.30. The molecule has 1 aromatic carbocycles. The van der Waals surface area contributed by atoms with Gasteiger partial charge < -0.3 is 5.32 Å². The van der Waals surface area contributed by atoms with Crippen molar-refractivity contribution in [2.24, 2.45) is 12.1 Å². The number of nitrogens with one attached hydrogen (secondary N) is 2. The minimum atomic E-state index is -0.439. The molecule has 2 rings (SSSR count). The second-order valence-electron chi connectivity index (χ2n) is 4.95. The van der Waals surface area contributed by atoms with E-state index in [-0.39, 0.29) is 5.91 Å². The predicted octanol–water partition coefficient (Wildman–Crippen LogP) is 2.33. The molecule has 0 radical (unpaired) electrons. The summed E-state index contributed by atoms with van der Waals surface area (Å²) >= 11 is 5.90. The van der Waals surface area contributed by atoms with Gasteiger partial charge >= 0.3 is 0 Å². The quantitative estimate of drug-likeness (QED) is 0.656. The molecular weight excluding hydrogens is 302 g/mol. The van der Waals surface area contributed by atoms with Crippen molar-refractivity contribution < 1.29 is 4.79 Å². The van der Waals surface area contributed by atoms with Crippen molar-refractivity contribution in [3.63, 3.8) is 0 Å². The fraction of sp³-hybridized carbons (Fsp3) is 0.267. The molecule has 1 unspecified atom stereocenters. The zero-order valence-electron chi connectivity index (χ0n) is 12.7. The number of halogens is 1. The van der Waals surface area contributed by atoms with Gasteiger partial charge in [-0.2, -0.15) is 10.2 Å². The number of nitrogens with zero attached hydrogens (tertiary/aromatic N) is 3.